The standard InChI is InChI=1S/C32H34N4O3/c1-5-23-11-6-7-12-26(23)33-32(38)35(22(2)3)21-30(37)36-28-14-9-8-13-27(28)34-20-10-15-29(34)31(36)24-16-18-25(39-4)19-17-24/h6-20,22,31H,5,21H2,1-4H3,(H,33,38). The number of anilines is 2. The zero-order valence-corrected chi connectivity index (χ0v) is 22.8. The minimum Gasteiger partial charge on any atom is -0.497 e. The lowest BCUT2D eigenvalue weighted by Crippen LogP contribution is -2.49. The Hall–Kier alpha value is -4.52. The molecule has 0 saturated carbocycles. The summed E-state index contributed by atoms with van der Waals surface area (Å²) in [5.41, 5.74) is 5.47. The summed E-state index contributed by atoms with van der Waals surface area (Å²) in [4.78, 5) is 31.2. The molecule has 0 aliphatic carbocycles. The van der Waals surface area contributed by atoms with Crippen LogP contribution in [0.25, 0.3) is 5.69 Å². The number of urea groups is 1. The van der Waals surface area contributed by atoms with Gasteiger partial charge in [0.1, 0.15) is 18.3 Å². The number of hydrogen-bond donors (Lipinski definition) is 1. The minimum absolute atomic E-state index is 0.0700. The number of para-hydroxylation sites is 3. The first-order chi connectivity index (χ1) is 18.9. The molecule has 1 aliphatic rings. The third-order valence-electron chi connectivity index (χ3n) is 7.25. The van der Waals surface area contributed by atoms with Gasteiger partial charge in [-0.2, -0.15) is 0 Å². The number of aromatic nitrogens is 1. The highest BCUT2D eigenvalue weighted by Crippen LogP contribution is 2.42. The molecule has 5 rings (SSSR count). The summed E-state index contributed by atoms with van der Waals surface area (Å²) in [5.74, 6) is 0.585. The zero-order chi connectivity index (χ0) is 27.5. The summed E-state index contributed by atoms with van der Waals surface area (Å²) in [6.45, 7) is 5.83. The number of nitrogens with zero attached hydrogens (tertiary/aromatic N) is 3. The van der Waals surface area contributed by atoms with E-state index in [0.29, 0.717) is 0 Å². The quantitative estimate of drug-likeness (QED) is 0.304. The van der Waals surface area contributed by atoms with Gasteiger partial charge >= 0.3 is 6.03 Å². The highest BCUT2D eigenvalue weighted by Gasteiger charge is 2.37. The van der Waals surface area contributed by atoms with Crippen molar-refractivity contribution >= 4 is 23.3 Å². The van der Waals surface area contributed by atoms with Crippen molar-refractivity contribution in [1.29, 1.82) is 0 Å². The number of benzene rings is 3. The maximum atomic E-state index is 14.3. The van der Waals surface area contributed by atoms with Gasteiger partial charge in [-0.25, -0.2) is 4.79 Å². The van der Waals surface area contributed by atoms with Gasteiger partial charge in [-0.3, -0.25) is 9.69 Å². The van der Waals surface area contributed by atoms with E-state index in [1.54, 1.807) is 12.0 Å². The Morgan fingerprint density at radius 1 is 0.923 bits per heavy atom. The summed E-state index contributed by atoms with van der Waals surface area (Å²) in [5, 5.41) is 3.04. The molecule has 4 aromatic rings. The Labute approximate surface area is 229 Å². The van der Waals surface area contributed by atoms with Crippen LogP contribution in [0.4, 0.5) is 16.2 Å². The van der Waals surface area contributed by atoms with E-state index in [2.05, 4.69) is 16.8 Å². The molecule has 1 unspecified atom stereocenters. The average molecular weight is 523 g/mol. The highest BCUT2D eigenvalue weighted by molar-refractivity contribution is 6.01. The molecule has 1 aliphatic heterocycles. The predicted octanol–water partition coefficient (Wildman–Crippen LogP) is 6.43. The molecular formula is C32H34N4O3. The summed E-state index contributed by atoms with van der Waals surface area (Å²) < 4.78 is 7.50. The smallest absolute Gasteiger partial charge is 0.322 e. The molecule has 1 N–H and O–H groups in total. The Morgan fingerprint density at radius 3 is 2.31 bits per heavy atom. The van der Waals surface area contributed by atoms with Crippen LogP contribution >= 0.6 is 0 Å². The van der Waals surface area contributed by atoms with E-state index < -0.39 is 0 Å². The Bertz CT molecular complexity index is 1470. The van der Waals surface area contributed by atoms with E-state index in [0.717, 1.165) is 46.1 Å². The van der Waals surface area contributed by atoms with Crippen molar-refractivity contribution in [2.75, 3.05) is 23.9 Å². The van der Waals surface area contributed by atoms with Crippen molar-refractivity contribution < 1.29 is 14.3 Å². The molecule has 0 spiro atoms. The number of ether oxygens (including phenoxy) is 1. The number of nitrogens with one attached hydrogen (secondary N) is 1. The Morgan fingerprint density at radius 2 is 1.62 bits per heavy atom. The van der Waals surface area contributed by atoms with Crippen LogP contribution in [0.1, 0.15) is 43.6 Å². The highest BCUT2D eigenvalue weighted by atomic mass is 16.5. The summed E-state index contributed by atoms with van der Waals surface area (Å²) >= 11 is 0. The van der Waals surface area contributed by atoms with Crippen molar-refractivity contribution in [2.24, 2.45) is 0 Å². The fraction of sp³-hybridized carbons (Fsp3) is 0.250. The Kier molecular flexibility index (Phi) is 7.41. The van der Waals surface area contributed by atoms with Crippen LogP contribution in [0, 0.1) is 0 Å². The summed E-state index contributed by atoms with van der Waals surface area (Å²) in [6.07, 6.45) is 2.82. The van der Waals surface area contributed by atoms with Crippen LogP contribution in [0.3, 0.4) is 0 Å². The lowest BCUT2D eigenvalue weighted by Gasteiger charge is -2.40. The van der Waals surface area contributed by atoms with Crippen molar-refractivity contribution in [3.8, 4) is 11.4 Å². The largest absolute Gasteiger partial charge is 0.497 e. The molecule has 7 nitrogen and oxygen atoms in total. The summed E-state index contributed by atoms with van der Waals surface area (Å²) in [6, 6.07) is 26.6. The number of fused-ring (bicyclic) bond motifs is 3. The second-order valence-corrected chi connectivity index (χ2v) is 9.89. The predicted molar refractivity (Wildman–Crippen MR) is 155 cm³/mol. The third kappa shape index (κ3) is 5.00. The minimum atomic E-state index is -0.369. The molecule has 3 amide bonds. The molecule has 3 aromatic carbocycles. The van der Waals surface area contributed by atoms with Crippen LogP contribution in [-0.4, -0.2) is 41.1 Å². The molecule has 7 heteroatoms. The van der Waals surface area contributed by atoms with Crippen molar-refractivity contribution in [1.82, 2.24) is 9.47 Å². The lowest BCUT2D eigenvalue weighted by atomic mass is 9.97. The second-order valence-electron chi connectivity index (χ2n) is 9.89. The first kappa shape index (κ1) is 26.1. The van der Waals surface area contributed by atoms with E-state index in [1.165, 1.54) is 0 Å². The van der Waals surface area contributed by atoms with Crippen molar-refractivity contribution in [2.45, 2.75) is 39.3 Å². The number of rotatable bonds is 7. The first-order valence-corrected chi connectivity index (χ1v) is 13.3. The van der Waals surface area contributed by atoms with Crippen LogP contribution < -0.4 is 15.0 Å². The van der Waals surface area contributed by atoms with Gasteiger partial charge in [-0.15, -0.1) is 0 Å². The SMILES string of the molecule is CCc1ccccc1NC(=O)N(CC(=O)N1c2ccccc2-n2cccc2C1c1ccc(OC)cc1)C(C)C. The van der Waals surface area contributed by atoms with Gasteiger partial charge in [-0.1, -0.05) is 49.4 Å². The number of carbonyl (C=O) groups is 2. The molecule has 0 bridgehead atoms. The fourth-order valence-electron chi connectivity index (χ4n) is 5.21. The second kappa shape index (κ2) is 11.1. The van der Waals surface area contributed by atoms with E-state index in [9.17, 15) is 9.59 Å². The maximum Gasteiger partial charge on any atom is 0.322 e. The first-order valence-electron chi connectivity index (χ1n) is 13.3. The molecule has 2 heterocycles. The van der Waals surface area contributed by atoms with Crippen molar-refractivity contribution in [3.63, 3.8) is 0 Å². The number of aryl methyl sites for hydroxylation is 1. The topological polar surface area (TPSA) is 66.8 Å². The molecule has 1 atom stereocenters. The zero-order valence-electron chi connectivity index (χ0n) is 22.8. The molecule has 1 aromatic heterocycles. The monoisotopic (exact) mass is 522 g/mol. The molecule has 0 radical (unpaired) electrons. The van der Waals surface area contributed by atoms with Crippen molar-refractivity contribution in [3.05, 3.63) is 108 Å². The van der Waals surface area contributed by atoms with Gasteiger partial charge in [0.2, 0.25) is 5.91 Å². The van der Waals surface area contributed by atoms with E-state index in [4.69, 9.17) is 4.74 Å². The third-order valence-corrected chi connectivity index (χ3v) is 7.25. The van der Waals surface area contributed by atoms with Gasteiger partial charge in [0.05, 0.1) is 24.2 Å². The molecule has 39 heavy (non-hydrogen) atoms. The number of methoxy groups -OCH3 is 1. The number of carbonyl (C=O) groups excluding carboxylic acids is 2. The van der Waals surface area contributed by atoms with E-state index in [1.807, 2.05) is 110 Å². The van der Waals surface area contributed by atoms with Gasteiger partial charge in [0.25, 0.3) is 0 Å². The van der Waals surface area contributed by atoms with Gasteiger partial charge < -0.3 is 19.5 Å². The lowest BCUT2D eigenvalue weighted by molar-refractivity contribution is -0.119. The van der Waals surface area contributed by atoms with Crippen LogP contribution in [0.15, 0.2) is 91.1 Å². The molecular weight excluding hydrogens is 488 g/mol. The molecule has 200 valence electrons. The van der Waals surface area contributed by atoms with Crippen LogP contribution in [-0.2, 0) is 11.2 Å². The van der Waals surface area contributed by atoms with E-state index >= 15 is 0 Å². The average Bonchev–Trinajstić information content (AvgIpc) is 3.45. The van der Waals surface area contributed by atoms with E-state index in [-0.39, 0.29) is 30.6 Å². The normalized spacial score (nSPS) is 14.0. The van der Waals surface area contributed by atoms with Crippen LogP contribution in [0.2, 0.25) is 0 Å². The fourth-order valence-corrected chi connectivity index (χ4v) is 5.21. The molecule has 0 saturated heterocycles. The van der Waals surface area contributed by atoms with Gasteiger partial charge in [0.15, 0.2) is 0 Å². The number of hydrogen-bond acceptors (Lipinski definition) is 3. The maximum absolute atomic E-state index is 14.3. The number of amides is 3. The van der Waals surface area contributed by atoms with Gasteiger partial charge in [0, 0.05) is 17.9 Å². The van der Waals surface area contributed by atoms with Gasteiger partial charge in [-0.05, 0) is 73.9 Å². The molecule has 0 fully saturated rings. The Balaban J connectivity index is 1.51. The summed E-state index contributed by atoms with van der Waals surface area (Å²) in [7, 11) is 1.64. The van der Waals surface area contributed by atoms with Crippen LogP contribution in [0.5, 0.6) is 5.75 Å².